The maximum absolute atomic E-state index is 13.8. The van der Waals surface area contributed by atoms with E-state index in [4.69, 9.17) is 0 Å². The van der Waals surface area contributed by atoms with Gasteiger partial charge in [-0.2, -0.15) is 4.31 Å². The Hall–Kier alpha value is -2.76. The second kappa shape index (κ2) is 8.40. The van der Waals surface area contributed by atoms with Crippen LogP contribution < -0.4 is 5.32 Å². The van der Waals surface area contributed by atoms with Crippen molar-refractivity contribution in [1.29, 1.82) is 0 Å². The van der Waals surface area contributed by atoms with Crippen LogP contribution in [0, 0.1) is 18.6 Å². The number of benzene rings is 2. The van der Waals surface area contributed by atoms with Crippen molar-refractivity contribution in [2.24, 2.45) is 0 Å². The minimum absolute atomic E-state index is 0.0430. The minimum atomic E-state index is -3.74. The van der Waals surface area contributed by atoms with Gasteiger partial charge < -0.3 is 5.32 Å². The Morgan fingerprint density at radius 3 is 2.74 bits per heavy atom. The Balaban J connectivity index is 1.56. The van der Waals surface area contributed by atoms with Crippen LogP contribution in [0.1, 0.15) is 39.3 Å². The Morgan fingerprint density at radius 2 is 2.00 bits per heavy atom. The van der Waals surface area contributed by atoms with Crippen LogP contribution in [0.4, 0.5) is 14.5 Å². The van der Waals surface area contributed by atoms with Gasteiger partial charge in [-0.05, 0) is 49.6 Å². The molecule has 1 fully saturated rings. The van der Waals surface area contributed by atoms with Crippen molar-refractivity contribution >= 4 is 33.0 Å². The number of halogens is 2. The van der Waals surface area contributed by atoms with Gasteiger partial charge in [0.15, 0.2) is 0 Å². The number of nitrogens with zero attached hydrogens (tertiary/aromatic N) is 3. The lowest BCUT2D eigenvalue weighted by Gasteiger charge is -2.22. The van der Waals surface area contributed by atoms with Crippen LogP contribution in [0.5, 0.6) is 0 Å². The lowest BCUT2D eigenvalue weighted by molar-refractivity contribution is 0.102. The molecule has 2 heterocycles. The van der Waals surface area contributed by atoms with Crippen LogP contribution in [0.25, 0.3) is 0 Å². The molecule has 2 aromatic carbocycles. The van der Waals surface area contributed by atoms with Gasteiger partial charge in [0.2, 0.25) is 15.0 Å². The highest BCUT2D eigenvalue weighted by Gasteiger charge is 2.38. The van der Waals surface area contributed by atoms with Crippen LogP contribution in [0.15, 0.2) is 47.4 Å². The third kappa shape index (κ3) is 4.34. The van der Waals surface area contributed by atoms with Crippen molar-refractivity contribution in [1.82, 2.24) is 14.5 Å². The molecular weight excluding hydrogens is 446 g/mol. The smallest absolute Gasteiger partial charge is 0.286 e. The second-order valence-corrected chi connectivity index (χ2v) is 10.0. The molecule has 0 bridgehead atoms. The molecule has 1 aliphatic heterocycles. The molecule has 11 heteroatoms. The normalized spacial score (nSPS) is 17.1. The first-order valence-corrected chi connectivity index (χ1v) is 11.7. The molecule has 4 rings (SSSR count). The van der Waals surface area contributed by atoms with Gasteiger partial charge >= 0.3 is 0 Å². The monoisotopic (exact) mass is 464 g/mol. The average Bonchev–Trinajstić information content (AvgIpc) is 3.39. The molecule has 1 saturated heterocycles. The molecule has 0 aliphatic carbocycles. The SMILES string of the molecule is Cc1cccc(S(=O)(=O)N2CCC[C@@H]2c2nnc(C(=O)Nc3ccc(F)cc3F)s2)c1. The van der Waals surface area contributed by atoms with Gasteiger partial charge in [0.25, 0.3) is 5.91 Å². The van der Waals surface area contributed by atoms with Gasteiger partial charge in [-0.15, -0.1) is 10.2 Å². The Kier molecular flexibility index (Phi) is 5.82. The van der Waals surface area contributed by atoms with Crippen molar-refractivity contribution in [2.75, 3.05) is 11.9 Å². The third-order valence-electron chi connectivity index (χ3n) is 4.90. The fourth-order valence-electron chi connectivity index (χ4n) is 3.41. The summed E-state index contributed by atoms with van der Waals surface area (Å²) < 4.78 is 54.5. The maximum atomic E-state index is 13.8. The van der Waals surface area contributed by atoms with E-state index in [-0.39, 0.29) is 15.6 Å². The number of nitrogens with one attached hydrogen (secondary N) is 1. The number of hydrogen-bond acceptors (Lipinski definition) is 6. The van der Waals surface area contributed by atoms with Crippen molar-refractivity contribution in [3.8, 4) is 0 Å². The summed E-state index contributed by atoms with van der Waals surface area (Å²) in [6.45, 7) is 2.16. The highest BCUT2D eigenvalue weighted by atomic mass is 32.2. The maximum Gasteiger partial charge on any atom is 0.286 e. The van der Waals surface area contributed by atoms with E-state index in [9.17, 15) is 22.0 Å². The molecule has 1 N–H and O–H groups in total. The van der Waals surface area contributed by atoms with E-state index in [2.05, 4.69) is 15.5 Å². The largest absolute Gasteiger partial charge is 0.317 e. The number of carbonyl (C=O) groups is 1. The van der Waals surface area contributed by atoms with Crippen LogP contribution in [-0.4, -0.2) is 35.4 Å². The van der Waals surface area contributed by atoms with Gasteiger partial charge in [-0.3, -0.25) is 4.79 Å². The number of carbonyl (C=O) groups excluding carboxylic acids is 1. The Bertz CT molecular complexity index is 1250. The van der Waals surface area contributed by atoms with Crippen LogP contribution in [-0.2, 0) is 10.0 Å². The number of sulfonamides is 1. The number of rotatable bonds is 5. The average molecular weight is 465 g/mol. The van der Waals surface area contributed by atoms with Crippen molar-refractivity contribution in [2.45, 2.75) is 30.7 Å². The van der Waals surface area contributed by atoms with Gasteiger partial charge in [-0.1, -0.05) is 23.5 Å². The fraction of sp³-hybridized carbons (Fsp3) is 0.250. The summed E-state index contributed by atoms with van der Waals surface area (Å²) in [5.74, 6) is -2.38. The molecule has 7 nitrogen and oxygen atoms in total. The van der Waals surface area contributed by atoms with Crippen LogP contribution in [0.3, 0.4) is 0 Å². The van der Waals surface area contributed by atoms with Crippen LogP contribution in [0.2, 0.25) is 0 Å². The molecule has 0 radical (unpaired) electrons. The molecule has 1 aromatic heterocycles. The zero-order chi connectivity index (χ0) is 22.2. The van der Waals surface area contributed by atoms with Gasteiger partial charge in [0.05, 0.1) is 16.6 Å². The first-order valence-electron chi connectivity index (χ1n) is 9.44. The van der Waals surface area contributed by atoms with Gasteiger partial charge in [0, 0.05) is 12.6 Å². The summed E-state index contributed by atoms with van der Waals surface area (Å²) in [7, 11) is -3.74. The Labute approximate surface area is 181 Å². The summed E-state index contributed by atoms with van der Waals surface area (Å²) in [4.78, 5) is 12.6. The summed E-state index contributed by atoms with van der Waals surface area (Å²) in [6.07, 6.45) is 1.20. The second-order valence-electron chi connectivity index (χ2n) is 7.11. The molecule has 3 aromatic rings. The zero-order valence-electron chi connectivity index (χ0n) is 16.4. The van der Waals surface area contributed by atoms with Crippen molar-refractivity contribution < 1.29 is 22.0 Å². The highest BCUT2D eigenvalue weighted by molar-refractivity contribution is 7.89. The number of aromatic nitrogens is 2. The van der Waals surface area contributed by atoms with E-state index in [1.807, 2.05) is 13.0 Å². The predicted octanol–water partition coefficient (Wildman–Crippen LogP) is 3.90. The summed E-state index contributed by atoms with van der Waals surface area (Å²) in [5.41, 5.74) is 0.646. The Morgan fingerprint density at radius 1 is 1.19 bits per heavy atom. The summed E-state index contributed by atoms with van der Waals surface area (Å²) in [5, 5.41) is 10.5. The van der Waals surface area contributed by atoms with Gasteiger partial charge in [-0.25, -0.2) is 17.2 Å². The molecule has 0 saturated carbocycles. The van der Waals surface area contributed by atoms with Crippen molar-refractivity contribution in [3.05, 3.63) is 69.7 Å². The summed E-state index contributed by atoms with van der Waals surface area (Å²) >= 11 is 0.948. The van der Waals surface area contributed by atoms with Crippen molar-refractivity contribution in [3.63, 3.8) is 0 Å². The molecule has 162 valence electrons. The molecule has 31 heavy (non-hydrogen) atoms. The quantitative estimate of drug-likeness (QED) is 0.618. The van der Waals surface area contributed by atoms with Crippen LogP contribution >= 0.6 is 11.3 Å². The first kappa shape index (κ1) is 21.5. The van der Waals surface area contributed by atoms with E-state index in [0.717, 1.165) is 29.0 Å². The lowest BCUT2D eigenvalue weighted by atomic mass is 10.2. The molecule has 1 aliphatic rings. The fourth-order valence-corrected chi connectivity index (χ4v) is 6.13. The van der Waals surface area contributed by atoms with E-state index in [0.29, 0.717) is 30.5 Å². The predicted molar refractivity (Wildman–Crippen MR) is 111 cm³/mol. The molecule has 1 amide bonds. The van der Waals surface area contributed by atoms with Gasteiger partial charge in [0.1, 0.15) is 16.6 Å². The lowest BCUT2D eigenvalue weighted by Crippen LogP contribution is -2.30. The van der Waals surface area contributed by atoms with E-state index >= 15 is 0 Å². The molecule has 0 spiro atoms. The third-order valence-corrected chi connectivity index (χ3v) is 7.83. The zero-order valence-corrected chi connectivity index (χ0v) is 18.0. The van der Waals surface area contributed by atoms with E-state index in [1.165, 1.54) is 4.31 Å². The first-order chi connectivity index (χ1) is 14.8. The minimum Gasteiger partial charge on any atom is -0.317 e. The molecule has 0 unspecified atom stereocenters. The number of aryl methyl sites for hydroxylation is 1. The molecular formula is C20H18F2N4O3S2. The van der Waals surface area contributed by atoms with E-state index < -0.39 is 33.6 Å². The summed E-state index contributed by atoms with van der Waals surface area (Å²) in [6, 6.07) is 8.93. The standard InChI is InChI=1S/C20H18F2N4O3S2/c1-12-4-2-5-14(10-12)31(28,29)26-9-3-6-17(26)19-24-25-20(30-19)18(27)23-16-8-7-13(21)11-15(16)22/h2,4-5,7-8,10-11,17H,3,6,9H2,1H3,(H,23,27)/t17-/m1/s1. The number of anilines is 1. The molecule has 1 atom stereocenters. The number of amides is 1. The van der Waals surface area contributed by atoms with E-state index in [1.54, 1.807) is 18.2 Å². The highest BCUT2D eigenvalue weighted by Crippen LogP contribution is 2.38. The topological polar surface area (TPSA) is 92.3 Å². The number of hydrogen-bond donors (Lipinski definition) is 1.